The van der Waals surface area contributed by atoms with Gasteiger partial charge in [0.2, 0.25) is 0 Å². The van der Waals surface area contributed by atoms with E-state index in [-0.39, 0.29) is 19.5 Å². The molecule has 0 amide bonds. The molecule has 8 heteroatoms. The molecular weight excluding hydrogens is 225 g/mol. The molecule has 0 spiro atoms. The Morgan fingerprint density at radius 3 is 1.33 bits per heavy atom. The van der Waals surface area contributed by atoms with Crippen LogP contribution in [0.2, 0.25) is 0 Å². The van der Waals surface area contributed by atoms with Gasteiger partial charge < -0.3 is 20.1 Å². The third kappa shape index (κ3) is 67.5. The number of hydrogen-bond donors (Lipinski definition) is 3. The van der Waals surface area contributed by atoms with Gasteiger partial charge in [-0.1, -0.05) is 0 Å². The molecule has 0 rings (SSSR count). The van der Waals surface area contributed by atoms with Gasteiger partial charge in [-0.25, -0.2) is 9.59 Å². The minimum atomic E-state index is -1.83. The summed E-state index contributed by atoms with van der Waals surface area (Å²) in [4.78, 5) is 27.6. The third-order valence-corrected chi connectivity index (χ3v) is 0.231. The van der Waals surface area contributed by atoms with Crippen LogP contribution in [0.25, 0.3) is 0 Å². The molecule has 0 saturated heterocycles. The first-order valence-electron chi connectivity index (χ1n) is 2.19. The summed E-state index contributed by atoms with van der Waals surface area (Å²) in [6, 6.07) is 0. The molecule has 0 atom stereocenters. The molecule has 0 radical (unpaired) electrons. The van der Waals surface area contributed by atoms with Crippen molar-refractivity contribution in [2.45, 2.75) is 6.92 Å². The molecule has 12 heavy (non-hydrogen) atoms. The van der Waals surface area contributed by atoms with E-state index < -0.39 is 18.3 Å². The fourth-order valence-corrected chi connectivity index (χ4v) is 0.123. The zero-order valence-corrected chi connectivity index (χ0v) is 9.15. The molecule has 0 aliphatic carbocycles. The van der Waals surface area contributed by atoms with Crippen LogP contribution in [0.15, 0.2) is 0 Å². The summed E-state index contributed by atoms with van der Waals surface area (Å²) >= 11 is 0. The van der Waals surface area contributed by atoms with Crippen molar-refractivity contribution in [1.82, 2.24) is 0 Å². The largest absolute Gasteiger partial charge is 0.513 e. The monoisotopic (exact) mass is 230 g/mol. The van der Waals surface area contributed by atoms with E-state index >= 15 is 0 Å². The summed E-state index contributed by atoms with van der Waals surface area (Å²) in [5.74, 6) is -0.812. The molecular formula is C4H6O7Zn. The number of carbonyl (C=O) groups excluding carboxylic acids is 1. The van der Waals surface area contributed by atoms with Gasteiger partial charge in [0.05, 0.1) is 0 Å². The summed E-state index contributed by atoms with van der Waals surface area (Å²) in [5, 5.41) is 21.6. The molecule has 0 bridgehead atoms. The van der Waals surface area contributed by atoms with Gasteiger partial charge in [0.1, 0.15) is 0 Å². The Labute approximate surface area is 79.7 Å². The van der Waals surface area contributed by atoms with Crippen molar-refractivity contribution in [2.75, 3.05) is 0 Å². The van der Waals surface area contributed by atoms with E-state index in [0.29, 0.717) is 0 Å². The smallest absolute Gasteiger partial charge is 0.450 e. The van der Waals surface area contributed by atoms with Gasteiger partial charge in [0, 0.05) is 26.4 Å². The second-order valence-corrected chi connectivity index (χ2v) is 1.14. The van der Waals surface area contributed by atoms with Crippen LogP contribution in [0, 0.1) is 0 Å². The van der Waals surface area contributed by atoms with Crippen LogP contribution >= 0.6 is 0 Å². The van der Waals surface area contributed by atoms with Gasteiger partial charge >= 0.3 is 18.3 Å². The van der Waals surface area contributed by atoms with Crippen LogP contribution in [0.5, 0.6) is 0 Å². The first kappa shape index (κ1) is 17.1. The van der Waals surface area contributed by atoms with Crippen molar-refractivity contribution >= 4 is 18.3 Å². The van der Waals surface area contributed by atoms with Gasteiger partial charge in [-0.15, -0.1) is 0 Å². The van der Waals surface area contributed by atoms with E-state index in [9.17, 15) is 9.59 Å². The van der Waals surface area contributed by atoms with Crippen LogP contribution < -0.4 is 0 Å². The van der Waals surface area contributed by atoms with Gasteiger partial charge in [-0.05, 0) is 0 Å². The first-order valence-corrected chi connectivity index (χ1v) is 2.19. The summed E-state index contributed by atoms with van der Waals surface area (Å²) in [6.07, 6.45) is -3.40. The average molecular weight is 231 g/mol. The van der Waals surface area contributed by atoms with Crippen molar-refractivity contribution < 1.29 is 53.9 Å². The van der Waals surface area contributed by atoms with E-state index in [1.165, 1.54) is 0 Å². The summed E-state index contributed by atoms with van der Waals surface area (Å²) in [5.41, 5.74) is 0. The Kier molecular flexibility index (Phi) is 14.0. The van der Waals surface area contributed by atoms with Gasteiger partial charge in [-0.3, -0.25) is 4.79 Å². The van der Waals surface area contributed by atoms with Crippen LogP contribution in [0.1, 0.15) is 6.92 Å². The Hall–Kier alpha value is -1.17. The SMILES string of the molecule is CC(=O)OC(=O)O.O=C(O)O.[Zn]. The van der Waals surface area contributed by atoms with E-state index in [1.54, 1.807) is 0 Å². The predicted octanol–water partition coefficient (Wildman–Crippen LogP) is 0.447. The normalized spacial score (nSPS) is 6.42. The fourth-order valence-electron chi connectivity index (χ4n) is 0.123. The molecule has 0 aliphatic rings. The molecule has 0 saturated carbocycles. The van der Waals surface area contributed by atoms with E-state index in [2.05, 4.69) is 4.74 Å². The minimum absolute atomic E-state index is 0. The van der Waals surface area contributed by atoms with Crippen molar-refractivity contribution in [3.63, 3.8) is 0 Å². The van der Waals surface area contributed by atoms with Crippen molar-refractivity contribution in [3.05, 3.63) is 0 Å². The third-order valence-electron chi connectivity index (χ3n) is 0.231. The number of hydrogen-bond acceptors (Lipinski definition) is 4. The molecule has 0 aromatic heterocycles. The van der Waals surface area contributed by atoms with Crippen LogP contribution in [0.4, 0.5) is 9.59 Å². The molecule has 0 unspecified atom stereocenters. The van der Waals surface area contributed by atoms with E-state index in [1.807, 2.05) is 0 Å². The summed E-state index contributed by atoms with van der Waals surface area (Å²) in [6.45, 7) is 1.02. The summed E-state index contributed by atoms with van der Waals surface area (Å²) < 4.78 is 3.53. The van der Waals surface area contributed by atoms with E-state index in [4.69, 9.17) is 20.1 Å². The van der Waals surface area contributed by atoms with Crippen molar-refractivity contribution in [2.24, 2.45) is 0 Å². The van der Waals surface area contributed by atoms with Crippen LogP contribution in [-0.4, -0.2) is 33.6 Å². The quantitative estimate of drug-likeness (QED) is 0.314. The maximum Gasteiger partial charge on any atom is 0.513 e. The minimum Gasteiger partial charge on any atom is -0.450 e. The topological polar surface area (TPSA) is 121 Å². The Bertz CT molecular complexity index is 149. The molecule has 0 fully saturated rings. The Balaban J connectivity index is -0.000000142. The number of carbonyl (C=O) groups is 3. The number of esters is 1. The molecule has 0 heterocycles. The molecule has 3 N–H and O–H groups in total. The molecule has 0 aromatic carbocycles. The standard InChI is InChI=1S/C3H4O4.CH2O3.Zn/c1-2(4)7-3(5)6;2-1(3)4;/h1H3,(H,5,6);(H2,2,3,4);. The second-order valence-electron chi connectivity index (χ2n) is 1.14. The van der Waals surface area contributed by atoms with Gasteiger partial charge in [0.15, 0.2) is 0 Å². The fraction of sp³-hybridized carbons (Fsp3) is 0.250. The molecule has 7 nitrogen and oxygen atoms in total. The van der Waals surface area contributed by atoms with Crippen LogP contribution in [0.3, 0.4) is 0 Å². The Morgan fingerprint density at radius 2 is 1.33 bits per heavy atom. The predicted molar refractivity (Wildman–Crippen MR) is 30.4 cm³/mol. The van der Waals surface area contributed by atoms with Gasteiger partial charge in [0.25, 0.3) is 0 Å². The number of rotatable bonds is 0. The van der Waals surface area contributed by atoms with Crippen LogP contribution in [-0.2, 0) is 29.0 Å². The number of ether oxygens (including phenoxy) is 1. The maximum absolute atomic E-state index is 9.65. The maximum atomic E-state index is 9.65. The second kappa shape index (κ2) is 9.83. The average Bonchev–Trinajstić information content (AvgIpc) is 1.56. The summed E-state index contributed by atoms with van der Waals surface area (Å²) in [7, 11) is 0. The zero-order valence-electron chi connectivity index (χ0n) is 6.18. The van der Waals surface area contributed by atoms with Crippen molar-refractivity contribution in [1.29, 1.82) is 0 Å². The molecule has 0 aromatic rings. The molecule has 66 valence electrons. The molecule has 0 aliphatic heterocycles. The first-order chi connectivity index (χ1) is 4.86. The Morgan fingerprint density at radius 1 is 1.08 bits per heavy atom. The number of carboxylic acid groups (broad SMARTS) is 3. The zero-order chi connectivity index (χ0) is 9.44. The van der Waals surface area contributed by atoms with Gasteiger partial charge in [-0.2, -0.15) is 0 Å². The van der Waals surface area contributed by atoms with E-state index in [0.717, 1.165) is 6.92 Å². The van der Waals surface area contributed by atoms with Crippen molar-refractivity contribution in [3.8, 4) is 0 Å².